The molecule has 0 aliphatic heterocycles. The molecular weight excluding hydrogens is 446 g/mol. The first kappa shape index (κ1) is 19.3. The van der Waals surface area contributed by atoms with Gasteiger partial charge in [-0.1, -0.05) is 72.8 Å². The second-order valence-corrected chi connectivity index (χ2v) is 10.5. The minimum Gasteiger partial charge on any atom is -0.192 e. The first-order valence-electron chi connectivity index (χ1n) is 12.8. The largest absolute Gasteiger partial charge is 0.192 e. The van der Waals surface area contributed by atoms with Gasteiger partial charge < -0.3 is 0 Å². The van der Waals surface area contributed by atoms with Crippen molar-refractivity contribution in [2.45, 2.75) is 6.92 Å². The van der Waals surface area contributed by atoms with Crippen LogP contribution in [0, 0.1) is 18.3 Å². The molecule has 0 heterocycles. The number of nitrogens with zero attached hydrogens (tertiary/aromatic N) is 1. The third-order valence-corrected chi connectivity index (χ3v) is 8.54. The predicted molar refractivity (Wildman–Crippen MR) is 158 cm³/mol. The van der Waals surface area contributed by atoms with E-state index in [9.17, 15) is 5.26 Å². The van der Waals surface area contributed by atoms with Crippen molar-refractivity contribution in [2.75, 3.05) is 0 Å². The molecule has 9 aromatic rings. The van der Waals surface area contributed by atoms with Crippen molar-refractivity contribution >= 4 is 86.2 Å². The fraction of sp³-hybridized carbons (Fsp3) is 0.0278. The zero-order chi connectivity index (χ0) is 24.4. The van der Waals surface area contributed by atoms with E-state index < -0.39 is 0 Å². The van der Waals surface area contributed by atoms with E-state index >= 15 is 0 Å². The second-order valence-electron chi connectivity index (χ2n) is 10.5. The van der Waals surface area contributed by atoms with E-state index in [1.807, 2.05) is 0 Å². The van der Waals surface area contributed by atoms with Crippen molar-refractivity contribution in [1.82, 2.24) is 0 Å². The molecule has 0 aliphatic rings. The maximum atomic E-state index is 10.6. The van der Waals surface area contributed by atoms with Crippen molar-refractivity contribution < 1.29 is 0 Å². The molecule has 0 atom stereocenters. The highest BCUT2D eigenvalue weighted by Gasteiger charge is 2.20. The summed E-state index contributed by atoms with van der Waals surface area (Å²) in [6, 6.07) is 38.2. The molecule has 0 amide bonds. The summed E-state index contributed by atoms with van der Waals surface area (Å²) in [4.78, 5) is 0. The molecule has 0 aliphatic carbocycles. The molecule has 9 rings (SSSR count). The molecule has 0 unspecified atom stereocenters. The summed E-state index contributed by atoms with van der Waals surface area (Å²) in [6.07, 6.45) is 0. The molecule has 1 nitrogen and oxygen atoms in total. The number of rotatable bonds is 0. The first-order chi connectivity index (χ1) is 18.2. The minimum absolute atomic E-state index is 0.780. The van der Waals surface area contributed by atoms with E-state index in [4.69, 9.17) is 0 Å². The lowest BCUT2D eigenvalue weighted by Crippen LogP contribution is -1.83. The highest BCUT2D eigenvalue weighted by atomic mass is 14.3. The second kappa shape index (κ2) is 6.44. The van der Waals surface area contributed by atoms with Crippen molar-refractivity contribution in [2.24, 2.45) is 0 Å². The maximum absolute atomic E-state index is 10.6. The Labute approximate surface area is 212 Å². The van der Waals surface area contributed by atoms with Gasteiger partial charge in [-0.15, -0.1) is 0 Å². The lowest BCUT2D eigenvalue weighted by molar-refractivity contribution is 1.52. The molecule has 0 N–H and O–H groups in total. The van der Waals surface area contributed by atoms with Crippen LogP contribution in [0.5, 0.6) is 0 Å². The summed E-state index contributed by atoms with van der Waals surface area (Å²) in [5.74, 6) is 0. The smallest absolute Gasteiger partial charge is 0.100 e. The van der Waals surface area contributed by atoms with Gasteiger partial charge in [0.2, 0.25) is 0 Å². The van der Waals surface area contributed by atoms with Gasteiger partial charge in [0, 0.05) is 10.8 Å². The Morgan fingerprint density at radius 3 is 1.95 bits per heavy atom. The number of hydrogen-bond donors (Lipinski definition) is 0. The summed E-state index contributed by atoms with van der Waals surface area (Å²) >= 11 is 0. The molecule has 168 valence electrons. The standard InChI is InChI=1S/C36H19N/c1-19-12-21-7-4-9-25-29-17-27-22(15-28(29)30(13-19)34(21)25)16-32-31-14-20-6-2-3-8-23(20)24-10-5-11-26(35(24)31)36(32)33(27)18-37/h2-17H,1H3. The van der Waals surface area contributed by atoms with Gasteiger partial charge in [-0.05, 0) is 112 Å². The van der Waals surface area contributed by atoms with E-state index in [-0.39, 0.29) is 0 Å². The summed E-state index contributed by atoms with van der Waals surface area (Å²) < 4.78 is 0. The van der Waals surface area contributed by atoms with E-state index in [1.54, 1.807) is 0 Å². The van der Waals surface area contributed by atoms with Gasteiger partial charge in [0.15, 0.2) is 0 Å². The summed E-state index contributed by atoms with van der Waals surface area (Å²) in [6.45, 7) is 2.17. The van der Waals surface area contributed by atoms with Gasteiger partial charge in [-0.2, -0.15) is 5.26 Å². The lowest BCUT2D eigenvalue weighted by Gasteiger charge is -2.06. The number of hydrogen-bond acceptors (Lipinski definition) is 1. The third-order valence-electron chi connectivity index (χ3n) is 8.54. The summed E-state index contributed by atoms with van der Waals surface area (Å²) in [7, 11) is 0. The van der Waals surface area contributed by atoms with Crippen LogP contribution in [0.4, 0.5) is 0 Å². The summed E-state index contributed by atoms with van der Waals surface area (Å²) in [5.41, 5.74) is 2.05. The number of nitriles is 1. The Morgan fingerprint density at radius 2 is 1.05 bits per heavy atom. The quantitative estimate of drug-likeness (QED) is 0.204. The van der Waals surface area contributed by atoms with Crippen molar-refractivity contribution in [3.63, 3.8) is 0 Å². The van der Waals surface area contributed by atoms with Crippen LogP contribution in [-0.4, -0.2) is 0 Å². The number of fused-ring (bicyclic) bond motifs is 9. The number of benzene rings is 7. The molecule has 0 radical (unpaired) electrons. The molecule has 9 aromatic carbocycles. The minimum atomic E-state index is 0.780. The maximum Gasteiger partial charge on any atom is 0.100 e. The van der Waals surface area contributed by atoms with E-state index in [0.29, 0.717) is 0 Å². The molecule has 0 bridgehead atoms. The summed E-state index contributed by atoms with van der Waals surface area (Å²) in [5, 5.41) is 30.1. The average molecular weight is 466 g/mol. The molecule has 0 saturated heterocycles. The predicted octanol–water partition coefficient (Wildman–Crippen LogP) is 9.97. The van der Waals surface area contributed by atoms with Crippen molar-refractivity contribution in [3.8, 4) is 6.07 Å². The highest BCUT2D eigenvalue weighted by Crippen LogP contribution is 2.47. The monoisotopic (exact) mass is 465 g/mol. The van der Waals surface area contributed by atoms with Crippen LogP contribution >= 0.6 is 0 Å². The molecule has 1 heteroatoms. The zero-order valence-electron chi connectivity index (χ0n) is 20.2. The van der Waals surface area contributed by atoms with Gasteiger partial charge in [-0.3, -0.25) is 0 Å². The molecular formula is C36H19N. The van der Waals surface area contributed by atoms with Crippen LogP contribution in [0.25, 0.3) is 86.2 Å². The van der Waals surface area contributed by atoms with Gasteiger partial charge in [0.1, 0.15) is 6.07 Å². The van der Waals surface area contributed by atoms with Gasteiger partial charge in [0.25, 0.3) is 0 Å². The SMILES string of the molecule is Cc1cc2cccc3c4cc5c(C#N)c6c(cc5cc4c(c1)c23)c1cc2ccccc2c2cccc6c21. The van der Waals surface area contributed by atoms with Crippen molar-refractivity contribution in [1.29, 1.82) is 5.26 Å². The Kier molecular flexibility index (Phi) is 3.35. The number of aryl methyl sites for hydroxylation is 1. The van der Waals surface area contributed by atoms with E-state index in [1.165, 1.54) is 75.6 Å². The Morgan fingerprint density at radius 1 is 0.432 bits per heavy atom. The van der Waals surface area contributed by atoms with Crippen LogP contribution in [0.3, 0.4) is 0 Å². The van der Waals surface area contributed by atoms with Gasteiger partial charge in [0.05, 0.1) is 5.56 Å². The Hall–Kier alpha value is -4.93. The normalized spacial score (nSPS) is 12.4. The fourth-order valence-electron chi connectivity index (χ4n) is 7.10. The van der Waals surface area contributed by atoms with E-state index in [2.05, 4.69) is 110 Å². The van der Waals surface area contributed by atoms with Crippen LogP contribution in [0.1, 0.15) is 11.1 Å². The molecule has 0 spiro atoms. The van der Waals surface area contributed by atoms with E-state index in [0.717, 1.165) is 21.7 Å². The highest BCUT2D eigenvalue weighted by molar-refractivity contribution is 6.38. The van der Waals surface area contributed by atoms with Gasteiger partial charge >= 0.3 is 0 Å². The zero-order valence-corrected chi connectivity index (χ0v) is 20.2. The Bertz CT molecular complexity index is 2470. The topological polar surface area (TPSA) is 23.8 Å². The average Bonchev–Trinajstić information content (AvgIpc) is 3.40. The lowest BCUT2D eigenvalue weighted by atomic mass is 9.96. The first-order valence-corrected chi connectivity index (χ1v) is 12.8. The molecule has 0 fully saturated rings. The Balaban J connectivity index is 1.56. The molecule has 0 saturated carbocycles. The van der Waals surface area contributed by atoms with Crippen LogP contribution in [-0.2, 0) is 0 Å². The van der Waals surface area contributed by atoms with Crippen LogP contribution in [0.2, 0.25) is 0 Å². The van der Waals surface area contributed by atoms with Gasteiger partial charge in [-0.25, -0.2) is 0 Å². The molecule has 37 heavy (non-hydrogen) atoms. The van der Waals surface area contributed by atoms with Crippen LogP contribution < -0.4 is 0 Å². The third kappa shape index (κ3) is 2.25. The fourth-order valence-corrected chi connectivity index (χ4v) is 7.10. The van der Waals surface area contributed by atoms with Crippen LogP contribution in [0.15, 0.2) is 97.1 Å². The molecule has 0 aromatic heterocycles. The van der Waals surface area contributed by atoms with Crippen molar-refractivity contribution in [3.05, 3.63) is 108 Å².